The monoisotopic (exact) mass is 265 g/mol. The number of hydrogen-bond acceptors (Lipinski definition) is 4. The van der Waals surface area contributed by atoms with Crippen LogP contribution in [0.25, 0.3) is 11.0 Å². The molecule has 0 saturated carbocycles. The maximum atomic E-state index is 5.49. The van der Waals surface area contributed by atoms with Gasteiger partial charge in [-0.05, 0) is 31.5 Å². The van der Waals surface area contributed by atoms with E-state index in [-0.39, 0.29) is 0 Å². The van der Waals surface area contributed by atoms with Crippen molar-refractivity contribution in [3.8, 4) is 5.75 Å². The number of hydrogen-bond donors (Lipinski definition) is 1. The Bertz CT molecular complexity index is 524. The average Bonchev–Trinajstić information content (AvgIpc) is 2.71. The molecule has 2 aromatic rings. The number of aromatic nitrogens is 2. The molecule has 98 valence electrons. The third-order valence-electron chi connectivity index (χ3n) is 2.88. The van der Waals surface area contributed by atoms with Gasteiger partial charge in [0, 0.05) is 18.9 Å². The third-order valence-corrected chi connectivity index (χ3v) is 3.99. The molecule has 18 heavy (non-hydrogen) atoms. The molecule has 0 radical (unpaired) electrons. The van der Waals surface area contributed by atoms with E-state index in [1.54, 1.807) is 18.9 Å². The van der Waals surface area contributed by atoms with Crippen LogP contribution in [0.1, 0.15) is 12.8 Å². The van der Waals surface area contributed by atoms with Crippen LogP contribution >= 0.6 is 11.8 Å². The van der Waals surface area contributed by atoms with Gasteiger partial charge in [0.05, 0.1) is 18.1 Å². The van der Waals surface area contributed by atoms with E-state index in [1.165, 1.54) is 0 Å². The summed E-state index contributed by atoms with van der Waals surface area (Å²) in [6.45, 7) is 0.764. The number of aryl methyl sites for hydroxylation is 1. The van der Waals surface area contributed by atoms with E-state index < -0.39 is 0 Å². The highest BCUT2D eigenvalue weighted by atomic mass is 32.2. The van der Waals surface area contributed by atoms with E-state index in [0.717, 1.165) is 47.1 Å². The zero-order valence-corrected chi connectivity index (χ0v) is 11.7. The normalized spacial score (nSPS) is 11.1. The summed E-state index contributed by atoms with van der Waals surface area (Å²) in [6, 6.07) is 5.98. The minimum Gasteiger partial charge on any atom is -0.497 e. The van der Waals surface area contributed by atoms with Gasteiger partial charge in [0.1, 0.15) is 5.75 Å². The second kappa shape index (κ2) is 6.11. The molecule has 0 fully saturated rings. The van der Waals surface area contributed by atoms with Crippen LogP contribution in [0.4, 0.5) is 0 Å². The van der Waals surface area contributed by atoms with E-state index in [0.29, 0.717) is 0 Å². The fourth-order valence-electron chi connectivity index (χ4n) is 1.82. The summed E-state index contributed by atoms with van der Waals surface area (Å²) in [5.74, 6) is 1.91. The number of nitrogens with zero attached hydrogens (tertiary/aromatic N) is 2. The smallest absolute Gasteiger partial charge is 0.168 e. The molecule has 0 bridgehead atoms. The number of nitrogens with two attached hydrogens (primary N) is 1. The van der Waals surface area contributed by atoms with E-state index in [9.17, 15) is 0 Å². The van der Waals surface area contributed by atoms with Crippen molar-refractivity contribution in [2.24, 2.45) is 12.8 Å². The van der Waals surface area contributed by atoms with Gasteiger partial charge in [-0.3, -0.25) is 0 Å². The van der Waals surface area contributed by atoms with Crippen molar-refractivity contribution in [2.45, 2.75) is 18.0 Å². The topological polar surface area (TPSA) is 53.1 Å². The minimum absolute atomic E-state index is 0.764. The van der Waals surface area contributed by atoms with Crippen molar-refractivity contribution in [1.29, 1.82) is 0 Å². The van der Waals surface area contributed by atoms with Crippen LogP contribution in [0.5, 0.6) is 5.75 Å². The molecule has 5 heteroatoms. The van der Waals surface area contributed by atoms with Crippen LogP contribution in [-0.2, 0) is 7.05 Å². The van der Waals surface area contributed by atoms with Crippen molar-refractivity contribution in [3.63, 3.8) is 0 Å². The molecule has 2 N–H and O–H groups in total. The van der Waals surface area contributed by atoms with Crippen molar-refractivity contribution >= 4 is 22.8 Å². The molecule has 1 heterocycles. The highest BCUT2D eigenvalue weighted by Gasteiger charge is 2.08. The van der Waals surface area contributed by atoms with Crippen LogP contribution in [0, 0.1) is 0 Å². The molecule has 1 aromatic heterocycles. The number of rotatable bonds is 6. The first kappa shape index (κ1) is 13.2. The first-order chi connectivity index (χ1) is 8.76. The van der Waals surface area contributed by atoms with Crippen LogP contribution in [-0.4, -0.2) is 29.0 Å². The second-order valence-electron chi connectivity index (χ2n) is 4.15. The molecule has 2 rings (SSSR count). The minimum atomic E-state index is 0.764. The summed E-state index contributed by atoms with van der Waals surface area (Å²) in [5.41, 5.74) is 7.61. The Morgan fingerprint density at radius 1 is 1.39 bits per heavy atom. The second-order valence-corrected chi connectivity index (χ2v) is 5.21. The summed E-state index contributed by atoms with van der Waals surface area (Å²) in [4.78, 5) is 4.63. The van der Waals surface area contributed by atoms with E-state index in [4.69, 9.17) is 10.5 Å². The Hall–Kier alpha value is -1.20. The quantitative estimate of drug-likeness (QED) is 0.644. The van der Waals surface area contributed by atoms with Crippen molar-refractivity contribution in [3.05, 3.63) is 18.2 Å². The Morgan fingerprint density at radius 3 is 2.94 bits per heavy atom. The molecule has 0 aliphatic rings. The van der Waals surface area contributed by atoms with Gasteiger partial charge in [-0.15, -0.1) is 0 Å². The maximum Gasteiger partial charge on any atom is 0.168 e. The Balaban J connectivity index is 2.16. The number of methoxy groups -OCH3 is 1. The van der Waals surface area contributed by atoms with Gasteiger partial charge in [-0.2, -0.15) is 0 Å². The highest BCUT2D eigenvalue weighted by Crippen LogP contribution is 2.26. The number of thioether (sulfide) groups is 1. The number of fused-ring (bicyclic) bond motifs is 1. The van der Waals surface area contributed by atoms with Gasteiger partial charge in [-0.25, -0.2) is 4.98 Å². The van der Waals surface area contributed by atoms with Crippen molar-refractivity contribution in [1.82, 2.24) is 9.55 Å². The Labute approximate surface area is 112 Å². The van der Waals surface area contributed by atoms with Crippen molar-refractivity contribution < 1.29 is 4.74 Å². The molecule has 0 aliphatic heterocycles. The molecule has 4 nitrogen and oxygen atoms in total. The predicted molar refractivity (Wildman–Crippen MR) is 76.3 cm³/mol. The number of unbranched alkanes of at least 4 members (excludes halogenated alkanes) is 1. The van der Waals surface area contributed by atoms with Crippen LogP contribution in [0.2, 0.25) is 0 Å². The maximum absolute atomic E-state index is 5.49. The first-order valence-electron chi connectivity index (χ1n) is 6.09. The number of ether oxygens (including phenoxy) is 1. The summed E-state index contributed by atoms with van der Waals surface area (Å²) in [5, 5.41) is 1.05. The first-order valence-corrected chi connectivity index (χ1v) is 7.08. The highest BCUT2D eigenvalue weighted by molar-refractivity contribution is 7.99. The molecule has 0 saturated heterocycles. The molecular weight excluding hydrogens is 246 g/mol. The molecule has 0 amide bonds. The van der Waals surface area contributed by atoms with Gasteiger partial charge in [0.15, 0.2) is 5.16 Å². The summed E-state index contributed by atoms with van der Waals surface area (Å²) in [6.07, 6.45) is 2.21. The molecule has 1 aromatic carbocycles. The van der Waals surface area contributed by atoms with Gasteiger partial charge < -0.3 is 15.0 Å². The predicted octanol–water partition coefficient (Wildman–Crippen LogP) is 2.41. The number of benzene rings is 1. The van der Waals surface area contributed by atoms with E-state index in [2.05, 4.69) is 9.55 Å². The molecule has 0 spiro atoms. The lowest BCUT2D eigenvalue weighted by atomic mass is 10.3. The molecule has 0 atom stereocenters. The lowest BCUT2D eigenvalue weighted by Crippen LogP contribution is -1.99. The fraction of sp³-hybridized carbons (Fsp3) is 0.462. The standard InChI is InChI=1S/C13H19N3OS/c1-16-12-6-5-10(17-2)9-11(12)15-13(16)18-8-4-3-7-14/h5-6,9H,3-4,7-8,14H2,1-2H3. The number of imidazole rings is 1. The molecule has 0 unspecified atom stereocenters. The third kappa shape index (κ3) is 2.79. The van der Waals surface area contributed by atoms with E-state index >= 15 is 0 Å². The molecular formula is C13H19N3OS. The van der Waals surface area contributed by atoms with Gasteiger partial charge in [0.25, 0.3) is 0 Å². The lowest BCUT2D eigenvalue weighted by molar-refractivity contribution is 0.415. The van der Waals surface area contributed by atoms with Crippen LogP contribution < -0.4 is 10.5 Å². The average molecular weight is 265 g/mol. The summed E-state index contributed by atoms with van der Waals surface area (Å²) < 4.78 is 7.34. The summed E-state index contributed by atoms with van der Waals surface area (Å²) in [7, 11) is 3.72. The lowest BCUT2D eigenvalue weighted by Gasteiger charge is -2.02. The van der Waals surface area contributed by atoms with Crippen LogP contribution in [0.3, 0.4) is 0 Å². The van der Waals surface area contributed by atoms with Gasteiger partial charge >= 0.3 is 0 Å². The fourth-order valence-corrected chi connectivity index (χ4v) is 2.81. The largest absolute Gasteiger partial charge is 0.497 e. The SMILES string of the molecule is COc1ccc2c(c1)nc(SCCCCN)n2C. The zero-order valence-electron chi connectivity index (χ0n) is 10.8. The Morgan fingerprint density at radius 2 is 2.22 bits per heavy atom. The zero-order chi connectivity index (χ0) is 13.0. The van der Waals surface area contributed by atoms with Gasteiger partial charge in [0.2, 0.25) is 0 Å². The van der Waals surface area contributed by atoms with E-state index in [1.807, 2.05) is 25.2 Å². The Kier molecular flexibility index (Phi) is 4.49. The van der Waals surface area contributed by atoms with Crippen molar-refractivity contribution in [2.75, 3.05) is 19.4 Å². The molecule has 0 aliphatic carbocycles. The van der Waals surface area contributed by atoms with Crippen LogP contribution in [0.15, 0.2) is 23.4 Å². The summed E-state index contributed by atoms with van der Waals surface area (Å²) >= 11 is 1.78. The van der Waals surface area contributed by atoms with Gasteiger partial charge in [-0.1, -0.05) is 11.8 Å².